The molecule has 6 heteroatoms. The van der Waals surface area contributed by atoms with Crippen molar-refractivity contribution in [2.75, 3.05) is 11.9 Å². The van der Waals surface area contributed by atoms with Crippen molar-refractivity contribution in [2.45, 2.75) is 32.7 Å². The predicted octanol–water partition coefficient (Wildman–Crippen LogP) is 4.41. The fourth-order valence-corrected chi connectivity index (χ4v) is 4.33. The van der Waals surface area contributed by atoms with Gasteiger partial charge < -0.3 is 10.2 Å². The molecule has 1 atom stereocenters. The zero-order valence-corrected chi connectivity index (χ0v) is 16.8. The van der Waals surface area contributed by atoms with E-state index in [0.29, 0.717) is 24.1 Å². The number of nitrogens with zero attached hydrogens (tertiary/aromatic N) is 2. The van der Waals surface area contributed by atoms with Gasteiger partial charge in [-0.3, -0.25) is 9.59 Å². The van der Waals surface area contributed by atoms with Gasteiger partial charge in [0.2, 0.25) is 11.8 Å². The molecule has 1 fully saturated rings. The quantitative estimate of drug-likeness (QED) is 0.698. The first-order valence-electron chi connectivity index (χ1n) is 9.52. The fourth-order valence-electron chi connectivity index (χ4n) is 3.46. The Bertz CT molecular complexity index is 977. The second-order valence-corrected chi connectivity index (χ2v) is 8.58. The van der Waals surface area contributed by atoms with E-state index in [-0.39, 0.29) is 24.2 Å². The summed E-state index contributed by atoms with van der Waals surface area (Å²) in [4.78, 5) is 31.2. The number of para-hydroxylation sites is 1. The lowest BCUT2D eigenvalue weighted by Crippen LogP contribution is -2.28. The molecule has 28 heavy (non-hydrogen) atoms. The molecule has 1 aliphatic heterocycles. The Morgan fingerprint density at radius 1 is 1.21 bits per heavy atom. The van der Waals surface area contributed by atoms with Gasteiger partial charge in [0, 0.05) is 19.5 Å². The van der Waals surface area contributed by atoms with Crippen molar-refractivity contribution >= 4 is 38.5 Å². The van der Waals surface area contributed by atoms with Crippen molar-refractivity contribution in [1.82, 2.24) is 9.88 Å². The van der Waals surface area contributed by atoms with Crippen LogP contribution in [0, 0.1) is 5.92 Å². The van der Waals surface area contributed by atoms with Crippen molar-refractivity contribution in [3.63, 3.8) is 0 Å². The van der Waals surface area contributed by atoms with E-state index < -0.39 is 0 Å². The van der Waals surface area contributed by atoms with Crippen molar-refractivity contribution in [3.8, 4) is 0 Å². The lowest BCUT2D eigenvalue weighted by molar-refractivity contribution is -0.128. The summed E-state index contributed by atoms with van der Waals surface area (Å²) in [5.74, 6) is 0.0370. The molecule has 1 N–H and O–H groups in total. The Hall–Kier alpha value is -2.73. The smallest absolute Gasteiger partial charge is 0.231 e. The maximum absolute atomic E-state index is 12.6. The molecule has 1 saturated heterocycles. The summed E-state index contributed by atoms with van der Waals surface area (Å²) in [6.45, 7) is 5.31. The molecule has 4 rings (SSSR count). The number of rotatable bonds is 5. The molecule has 5 nitrogen and oxygen atoms in total. The van der Waals surface area contributed by atoms with Crippen LogP contribution >= 0.6 is 11.3 Å². The van der Waals surface area contributed by atoms with Crippen molar-refractivity contribution < 1.29 is 9.59 Å². The normalized spacial score (nSPS) is 16.9. The molecule has 2 amide bonds. The minimum atomic E-state index is -0.338. The SMILES string of the molecule is CC(C)c1ccc(CN2C[C@H](C(=O)Nc3nc4ccccc4s3)CC2=O)cc1. The summed E-state index contributed by atoms with van der Waals surface area (Å²) < 4.78 is 1.03. The molecule has 0 aliphatic carbocycles. The van der Waals surface area contributed by atoms with Gasteiger partial charge >= 0.3 is 0 Å². The van der Waals surface area contributed by atoms with Crippen LogP contribution in [-0.2, 0) is 16.1 Å². The van der Waals surface area contributed by atoms with Gasteiger partial charge in [0.25, 0.3) is 0 Å². The number of likely N-dealkylation sites (tertiary alicyclic amines) is 1. The lowest BCUT2D eigenvalue weighted by atomic mass is 10.0. The number of hydrogen-bond donors (Lipinski definition) is 1. The van der Waals surface area contributed by atoms with Gasteiger partial charge in [-0.05, 0) is 29.2 Å². The topological polar surface area (TPSA) is 62.3 Å². The van der Waals surface area contributed by atoms with Gasteiger partial charge in [-0.1, -0.05) is 61.6 Å². The average Bonchev–Trinajstić information content (AvgIpc) is 3.25. The summed E-state index contributed by atoms with van der Waals surface area (Å²) in [6, 6.07) is 16.1. The van der Waals surface area contributed by atoms with Crippen LogP contribution < -0.4 is 5.32 Å². The van der Waals surface area contributed by atoms with E-state index in [1.807, 2.05) is 24.3 Å². The first-order valence-corrected chi connectivity index (χ1v) is 10.3. The van der Waals surface area contributed by atoms with Crippen LogP contribution in [0.4, 0.5) is 5.13 Å². The summed E-state index contributed by atoms with van der Waals surface area (Å²) in [7, 11) is 0. The van der Waals surface area contributed by atoms with E-state index >= 15 is 0 Å². The molecule has 3 aromatic rings. The number of thiazole rings is 1. The van der Waals surface area contributed by atoms with Gasteiger partial charge in [0.05, 0.1) is 16.1 Å². The molecule has 0 saturated carbocycles. The van der Waals surface area contributed by atoms with Gasteiger partial charge in [0.15, 0.2) is 5.13 Å². The Balaban J connectivity index is 1.38. The molecule has 1 aliphatic rings. The Kier molecular flexibility index (Phi) is 5.13. The third-order valence-electron chi connectivity index (χ3n) is 5.13. The van der Waals surface area contributed by atoms with Gasteiger partial charge in [-0.2, -0.15) is 0 Å². The monoisotopic (exact) mass is 393 g/mol. The minimum absolute atomic E-state index is 0.0254. The van der Waals surface area contributed by atoms with Crippen LogP contribution in [0.2, 0.25) is 0 Å². The van der Waals surface area contributed by atoms with Crippen LogP contribution in [-0.4, -0.2) is 28.2 Å². The van der Waals surface area contributed by atoms with Crippen LogP contribution in [0.5, 0.6) is 0 Å². The molecule has 144 valence electrons. The molecule has 2 heterocycles. The minimum Gasteiger partial charge on any atom is -0.338 e. The number of aromatic nitrogens is 1. The zero-order chi connectivity index (χ0) is 19.7. The highest BCUT2D eigenvalue weighted by atomic mass is 32.1. The van der Waals surface area contributed by atoms with Crippen LogP contribution in [0.1, 0.15) is 37.3 Å². The van der Waals surface area contributed by atoms with Crippen LogP contribution in [0.3, 0.4) is 0 Å². The standard InChI is InChI=1S/C22H23N3O2S/c1-14(2)16-9-7-15(8-10-16)12-25-13-17(11-20(25)26)21(27)24-22-23-18-5-3-4-6-19(18)28-22/h3-10,14,17H,11-13H2,1-2H3,(H,23,24,27)/t17-/m1/s1. The zero-order valence-electron chi connectivity index (χ0n) is 16.0. The van der Waals surface area contributed by atoms with Crippen molar-refractivity contribution in [3.05, 3.63) is 59.7 Å². The maximum Gasteiger partial charge on any atom is 0.231 e. The summed E-state index contributed by atoms with van der Waals surface area (Å²) in [6.07, 6.45) is 0.251. The van der Waals surface area contributed by atoms with E-state index in [9.17, 15) is 9.59 Å². The largest absolute Gasteiger partial charge is 0.338 e. The Labute approximate surface area is 168 Å². The van der Waals surface area contributed by atoms with Crippen molar-refractivity contribution in [2.24, 2.45) is 5.92 Å². The molecule has 0 bridgehead atoms. The fraction of sp³-hybridized carbons (Fsp3) is 0.318. The van der Waals surface area contributed by atoms with Gasteiger partial charge in [-0.25, -0.2) is 4.98 Å². The molecule has 1 aromatic heterocycles. The summed E-state index contributed by atoms with van der Waals surface area (Å²) in [5, 5.41) is 3.47. The van der Waals surface area contributed by atoms with E-state index in [0.717, 1.165) is 15.8 Å². The molecule has 0 unspecified atom stereocenters. The summed E-state index contributed by atoms with van der Waals surface area (Å²) in [5.41, 5.74) is 3.24. The third-order valence-corrected chi connectivity index (χ3v) is 6.08. The number of benzene rings is 2. The lowest BCUT2D eigenvalue weighted by Gasteiger charge is -2.17. The van der Waals surface area contributed by atoms with Gasteiger partial charge in [-0.15, -0.1) is 0 Å². The van der Waals surface area contributed by atoms with E-state index in [4.69, 9.17) is 0 Å². The number of carbonyl (C=O) groups is 2. The third kappa shape index (κ3) is 3.92. The van der Waals surface area contributed by atoms with E-state index in [2.05, 4.69) is 48.4 Å². The average molecular weight is 394 g/mol. The molecule has 0 spiro atoms. The highest BCUT2D eigenvalue weighted by Crippen LogP contribution is 2.27. The maximum atomic E-state index is 12.6. The Morgan fingerprint density at radius 2 is 1.96 bits per heavy atom. The number of anilines is 1. The second-order valence-electron chi connectivity index (χ2n) is 7.55. The number of nitrogens with one attached hydrogen (secondary N) is 1. The van der Waals surface area contributed by atoms with Crippen molar-refractivity contribution in [1.29, 1.82) is 0 Å². The number of amides is 2. The highest BCUT2D eigenvalue weighted by Gasteiger charge is 2.34. The van der Waals surface area contributed by atoms with Crippen LogP contribution in [0.15, 0.2) is 48.5 Å². The number of hydrogen-bond acceptors (Lipinski definition) is 4. The van der Waals surface area contributed by atoms with E-state index in [1.54, 1.807) is 4.90 Å². The first-order chi connectivity index (χ1) is 13.5. The summed E-state index contributed by atoms with van der Waals surface area (Å²) >= 11 is 1.45. The molecule has 0 radical (unpaired) electrons. The Morgan fingerprint density at radius 3 is 2.68 bits per heavy atom. The molecular weight excluding hydrogens is 370 g/mol. The highest BCUT2D eigenvalue weighted by molar-refractivity contribution is 7.22. The number of fused-ring (bicyclic) bond motifs is 1. The molecule has 2 aromatic carbocycles. The molecular formula is C22H23N3O2S. The van der Waals surface area contributed by atoms with E-state index in [1.165, 1.54) is 16.9 Å². The first kappa shape index (κ1) is 18.6. The van der Waals surface area contributed by atoms with Gasteiger partial charge in [0.1, 0.15) is 0 Å². The van der Waals surface area contributed by atoms with Crippen LogP contribution in [0.25, 0.3) is 10.2 Å². The second kappa shape index (κ2) is 7.72. The predicted molar refractivity (Wildman–Crippen MR) is 112 cm³/mol. The number of carbonyl (C=O) groups excluding carboxylic acids is 2.